The first-order valence-corrected chi connectivity index (χ1v) is 4.70. The maximum absolute atomic E-state index is 11.2. The van der Waals surface area contributed by atoms with Gasteiger partial charge in [-0.15, -0.1) is 0 Å². The van der Waals surface area contributed by atoms with Crippen molar-refractivity contribution < 1.29 is 4.79 Å². The van der Waals surface area contributed by atoms with E-state index in [9.17, 15) is 4.79 Å². The minimum Gasteiger partial charge on any atom is -0.292 e. The van der Waals surface area contributed by atoms with Gasteiger partial charge < -0.3 is 0 Å². The number of carbonyl (C=O) groups is 1. The van der Waals surface area contributed by atoms with Gasteiger partial charge in [0.15, 0.2) is 0 Å². The van der Waals surface area contributed by atoms with Gasteiger partial charge in [-0.25, -0.2) is 0 Å². The van der Waals surface area contributed by atoms with Gasteiger partial charge in [0.2, 0.25) is 5.91 Å². The van der Waals surface area contributed by atoms with Gasteiger partial charge in [0.05, 0.1) is 0 Å². The lowest BCUT2D eigenvalue weighted by Crippen LogP contribution is -2.31. The van der Waals surface area contributed by atoms with E-state index in [-0.39, 0.29) is 11.8 Å². The summed E-state index contributed by atoms with van der Waals surface area (Å²) in [6.45, 7) is 8.25. The van der Waals surface area contributed by atoms with Crippen molar-refractivity contribution in [1.82, 2.24) is 4.34 Å². The molecule has 3 heteroatoms. The number of carbonyl (C=O) groups excluding carboxylic acids is 1. The molecular weight excluding hydrogens is 206 g/mol. The number of hydrogen-bond donors (Lipinski definition) is 1. The summed E-state index contributed by atoms with van der Waals surface area (Å²) < 4.78 is 2.50. The highest BCUT2D eigenvalue weighted by molar-refractivity contribution is 9.08. The molecule has 11 heavy (non-hydrogen) atoms. The summed E-state index contributed by atoms with van der Waals surface area (Å²) in [4.78, 5) is 11.2. The largest absolute Gasteiger partial charge is 0.292 e. The second kappa shape index (κ2) is 4.75. The summed E-state index contributed by atoms with van der Waals surface area (Å²) in [5.74, 6) is 0.976. The molecule has 0 aromatic rings. The lowest BCUT2D eigenvalue weighted by atomic mass is 9.85. The number of nitrogens with one attached hydrogen (secondary N) is 1. The second-order valence-electron chi connectivity index (χ2n) is 3.47. The van der Waals surface area contributed by atoms with Gasteiger partial charge in [0.1, 0.15) is 0 Å². The predicted octanol–water partition coefficient (Wildman–Crippen LogP) is 2.34. The van der Waals surface area contributed by atoms with Crippen LogP contribution in [0.25, 0.3) is 0 Å². The van der Waals surface area contributed by atoms with Crippen LogP contribution in [0.15, 0.2) is 0 Å². The third-order valence-corrected chi connectivity index (χ3v) is 2.22. The lowest BCUT2D eigenvalue weighted by molar-refractivity contribution is -0.125. The van der Waals surface area contributed by atoms with Crippen molar-refractivity contribution in [1.29, 1.82) is 0 Å². The minimum absolute atomic E-state index is 0.0787. The van der Waals surface area contributed by atoms with Gasteiger partial charge in [-0.1, -0.05) is 27.7 Å². The normalized spacial score (nSPS) is 11.3. The quantitative estimate of drug-likeness (QED) is 0.729. The van der Waals surface area contributed by atoms with Crippen molar-refractivity contribution in [3.63, 3.8) is 0 Å². The first-order valence-electron chi connectivity index (χ1n) is 3.91. The molecule has 0 aliphatic carbocycles. The zero-order chi connectivity index (χ0) is 9.02. The fourth-order valence-corrected chi connectivity index (χ4v) is 1.70. The summed E-state index contributed by atoms with van der Waals surface area (Å²) in [6.07, 6.45) is 0. The highest BCUT2D eigenvalue weighted by Crippen LogP contribution is 2.20. The molecule has 2 nitrogen and oxygen atoms in total. The fraction of sp³-hybridized carbons (Fsp3) is 0.875. The van der Waals surface area contributed by atoms with Crippen molar-refractivity contribution in [3.8, 4) is 0 Å². The molecule has 1 N–H and O–H groups in total. The molecule has 0 saturated heterocycles. The van der Waals surface area contributed by atoms with E-state index < -0.39 is 0 Å². The van der Waals surface area contributed by atoms with Crippen LogP contribution in [-0.2, 0) is 4.79 Å². The van der Waals surface area contributed by atoms with E-state index in [2.05, 4.69) is 48.2 Å². The van der Waals surface area contributed by atoms with Crippen LogP contribution in [0, 0.1) is 17.8 Å². The average Bonchev–Trinajstić information content (AvgIpc) is 1.85. The molecule has 0 unspecified atom stereocenters. The molecule has 0 aromatic heterocycles. The summed E-state index contributed by atoms with van der Waals surface area (Å²) in [7, 11) is 0. The van der Waals surface area contributed by atoms with Crippen LogP contribution in [0.4, 0.5) is 0 Å². The van der Waals surface area contributed by atoms with E-state index >= 15 is 0 Å². The molecule has 0 heterocycles. The average molecular weight is 222 g/mol. The summed E-state index contributed by atoms with van der Waals surface area (Å²) >= 11 is 2.95. The summed E-state index contributed by atoms with van der Waals surface area (Å²) in [5.41, 5.74) is 0. The van der Waals surface area contributed by atoms with Crippen molar-refractivity contribution in [2.45, 2.75) is 27.7 Å². The van der Waals surface area contributed by atoms with Gasteiger partial charge in [-0.05, 0) is 11.8 Å². The monoisotopic (exact) mass is 221 g/mol. The number of rotatable bonds is 3. The SMILES string of the molecule is CC(C)C(C(=O)NBr)C(C)C. The van der Waals surface area contributed by atoms with Crippen LogP contribution in [0.1, 0.15) is 27.7 Å². The van der Waals surface area contributed by atoms with Gasteiger partial charge in [-0.3, -0.25) is 9.14 Å². The number of halogens is 1. The Balaban J connectivity index is 4.22. The highest BCUT2D eigenvalue weighted by atomic mass is 79.9. The molecule has 0 bridgehead atoms. The highest BCUT2D eigenvalue weighted by Gasteiger charge is 2.24. The van der Waals surface area contributed by atoms with E-state index in [0.717, 1.165) is 0 Å². The third-order valence-electron chi connectivity index (χ3n) is 1.83. The Bertz CT molecular complexity index is 126. The van der Waals surface area contributed by atoms with E-state index in [4.69, 9.17) is 0 Å². The van der Waals surface area contributed by atoms with Crippen LogP contribution in [0.2, 0.25) is 0 Å². The molecular formula is C8H16BrNO. The molecule has 0 atom stereocenters. The molecule has 66 valence electrons. The molecule has 1 amide bonds. The molecule has 0 aliphatic rings. The Labute approximate surface area is 77.1 Å². The van der Waals surface area contributed by atoms with Crippen LogP contribution in [-0.4, -0.2) is 5.91 Å². The van der Waals surface area contributed by atoms with Crippen molar-refractivity contribution in [3.05, 3.63) is 0 Å². The molecule has 0 saturated carbocycles. The van der Waals surface area contributed by atoms with E-state index in [1.54, 1.807) is 0 Å². The standard InChI is InChI=1S/C8H16BrNO/c1-5(2)7(6(3)4)8(11)10-9/h5-7H,1-4H3,(H,10,11). The van der Waals surface area contributed by atoms with Gasteiger partial charge in [-0.2, -0.15) is 0 Å². The number of hydrogen-bond acceptors (Lipinski definition) is 1. The predicted molar refractivity (Wildman–Crippen MR) is 50.2 cm³/mol. The van der Waals surface area contributed by atoms with E-state index in [1.807, 2.05) is 0 Å². The van der Waals surface area contributed by atoms with Gasteiger partial charge >= 0.3 is 0 Å². The smallest absolute Gasteiger partial charge is 0.233 e. The topological polar surface area (TPSA) is 29.1 Å². The van der Waals surface area contributed by atoms with Crippen LogP contribution >= 0.6 is 16.1 Å². The van der Waals surface area contributed by atoms with Crippen LogP contribution in [0.5, 0.6) is 0 Å². The molecule has 0 aromatic carbocycles. The fourth-order valence-electron chi connectivity index (χ4n) is 1.44. The molecule has 0 radical (unpaired) electrons. The Kier molecular flexibility index (Phi) is 4.73. The maximum Gasteiger partial charge on any atom is 0.233 e. The van der Waals surface area contributed by atoms with Gasteiger partial charge in [0.25, 0.3) is 0 Å². The third kappa shape index (κ3) is 3.23. The lowest BCUT2D eigenvalue weighted by Gasteiger charge is -2.21. The molecule has 0 spiro atoms. The Morgan fingerprint density at radius 2 is 1.55 bits per heavy atom. The summed E-state index contributed by atoms with van der Waals surface area (Å²) in [5, 5.41) is 0. The van der Waals surface area contributed by atoms with Crippen LogP contribution < -0.4 is 4.34 Å². The minimum atomic E-state index is 0.0787. The second-order valence-corrected chi connectivity index (χ2v) is 3.87. The Hall–Kier alpha value is -0.0500. The first-order chi connectivity index (χ1) is 5.00. The van der Waals surface area contributed by atoms with Gasteiger partial charge in [0, 0.05) is 22.1 Å². The maximum atomic E-state index is 11.2. The zero-order valence-corrected chi connectivity index (χ0v) is 9.10. The zero-order valence-electron chi connectivity index (χ0n) is 7.52. The van der Waals surface area contributed by atoms with E-state index in [1.165, 1.54) is 0 Å². The molecule has 0 aliphatic heterocycles. The first kappa shape index (κ1) is 11.0. The van der Waals surface area contributed by atoms with E-state index in [0.29, 0.717) is 11.8 Å². The van der Waals surface area contributed by atoms with Crippen molar-refractivity contribution in [2.24, 2.45) is 17.8 Å². The van der Waals surface area contributed by atoms with Crippen molar-refractivity contribution >= 4 is 22.1 Å². The Morgan fingerprint density at radius 1 is 1.18 bits per heavy atom. The summed E-state index contributed by atoms with van der Waals surface area (Å²) in [6, 6.07) is 0. The Morgan fingerprint density at radius 3 is 1.64 bits per heavy atom. The van der Waals surface area contributed by atoms with Crippen LogP contribution in [0.3, 0.4) is 0 Å². The molecule has 0 fully saturated rings. The molecule has 0 rings (SSSR count). The number of amides is 1. The van der Waals surface area contributed by atoms with Crippen molar-refractivity contribution in [2.75, 3.05) is 0 Å².